The maximum atomic E-state index is 13.2. The number of nitrogens with zero attached hydrogens (tertiary/aromatic N) is 5. The Bertz CT molecular complexity index is 851. The number of hydrogen-bond donors (Lipinski definition) is 1. The summed E-state index contributed by atoms with van der Waals surface area (Å²) < 4.78 is 40.4. The molecule has 0 bridgehead atoms. The Morgan fingerprint density at radius 2 is 2.09 bits per heavy atom. The van der Waals surface area contributed by atoms with Gasteiger partial charge in [-0.1, -0.05) is 6.92 Å². The maximum absolute atomic E-state index is 13.2. The van der Waals surface area contributed by atoms with Crippen LogP contribution in [-0.2, 0) is 6.18 Å². The molecule has 23 heavy (non-hydrogen) atoms. The summed E-state index contributed by atoms with van der Waals surface area (Å²) in [5.74, 6) is -0.647. The van der Waals surface area contributed by atoms with Gasteiger partial charge >= 0.3 is 6.18 Å². The van der Waals surface area contributed by atoms with Gasteiger partial charge in [0.15, 0.2) is 11.3 Å². The molecule has 0 saturated heterocycles. The van der Waals surface area contributed by atoms with E-state index in [0.717, 1.165) is 4.40 Å². The van der Waals surface area contributed by atoms with Crippen molar-refractivity contribution < 1.29 is 18.3 Å². The number of pyridine rings is 1. The van der Waals surface area contributed by atoms with Gasteiger partial charge < -0.3 is 5.11 Å². The smallest absolute Gasteiger partial charge is 0.396 e. The number of aliphatic hydroxyl groups excluding tert-OH is 1. The summed E-state index contributed by atoms with van der Waals surface area (Å²) in [6.45, 7) is 1.82. The monoisotopic (exact) mass is 343 g/mol. The molecular weight excluding hydrogens is 331 g/mol. The molecule has 0 aliphatic heterocycles. The van der Waals surface area contributed by atoms with Crippen molar-refractivity contribution in [2.24, 2.45) is 5.92 Å². The average molecular weight is 343 g/mol. The minimum Gasteiger partial charge on any atom is -0.396 e. The van der Waals surface area contributed by atoms with Crippen LogP contribution in [0.4, 0.5) is 13.2 Å². The summed E-state index contributed by atoms with van der Waals surface area (Å²) >= 11 is 1.23. The Kier molecular flexibility index (Phi) is 4.11. The SMILES string of the molecule is CC(CO)CSc1nc2cccnc2n2c(C(F)(F)F)nnc12. The van der Waals surface area contributed by atoms with Crippen LogP contribution >= 0.6 is 11.8 Å². The van der Waals surface area contributed by atoms with E-state index in [0.29, 0.717) is 16.3 Å². The third kappa shape index (κ3) is 2.95. The Labute approximate surface area is 132 Å². The van der Waals surface area contributed by atoms with Crippen molar-refractivity contribution >= 4 is 28.6 Å². The van der Waals surface area contributed by atoms with Crippen molar-refractivity contribution in [3.8, 4) is 0 Å². The van der Waals surface area contributed by atoms with Gasteiger partial charge in [-0.3, -0.25) is 4.40 Å². The zero-order valence-electron chi connectivity index (χ0n) is 11.9. The van der Waals surface area contributed by atoms with Crippen LogP contribution in [0.25, 0.3) is 16.8 Å². The Morgan fingerprint density at radius 1 is 1.30 bits per heavy atom. The topological polar surface area (TPSA) is 76.2 Å². The van der Waals surface area contributed by atoms with Gasteiger partial charge in [0.05, 0.1) is 0 Å². The highest BCUT2D eigenvalue weighted by Crippen LogP contribution is 2.32. The molecule has 0 aromatic carbocycles. The minimum atomic E-state index is -4.65. The number of halogens is 3. The van der Waals surface area contributed by atoms with E-state index in [1.165, 1.54) is 18.0 Å². The third-order valence-electron chi connectivity index (χ3n) is 3.12. The van der Waals surface area contributed by atoms with Crippen LogP contribution in [0.2, 0.25) is 0 Å². The third-order valence-corrected chi connectivity index (χ3v) is 4.41. The molecule has 0 amide bonds. The van der Waals surface area contributed by atoms with Crippen molar-refractivity contribution in [2.45, 2.75) is 18.1 Å². The van der Waals surface area contributed by atoms with E-state index in [-0.39, 0.29) is 23.8 Å². The lowest BCUT2D eigenvalue weighted by Crippen LogP contribution is -2.12. The lowest BCUT2D eigenvalue weighted by molar-refractivity contribution is -0.145. The largest absolute Gasteiger partial charge is 0.452 e. The maximum Gasteiger partial charge on any atom is 0.452 e. The predicted molar refractivity (Wildman–Crippen MR) is 78.1 cm³/mol. The van der Waals surface area contributed by atoms with Gasteiger partial charge in [0, 0.05) is 18.6 Å². The molecular formula is C13H12F3N5OS. The quantitative estimate of drug-likeness (QED) is 0.733. The summed E-state index contributed by atoms with van der Waals surface area (Å²) in [7, 11) is 0. The number of hydrogen-bond acceptors (Lipinski definition) is 6. The van der Waals surface area contributed by atoms with E-state index in [4.69, 9.17) is 5.11 Å². The Hall–Kier alpha value is -1.94. The molecule has 1 atom stereocenters. The van der Waals surface area contributed by atoms with Crippen LogP contribution in [0.5, 0.6) is 0 Å². The van der Waals surface area contributed by atoms with Gasteiger partial charge in [-0.25, -0.2) is 9.97 Å². The second-order valence-electron chi connectivity index (χ2n) is 5.04. The number of aromatic nitrogens is 5. The highest BCUT2D eigenvalue weighted by molar-refractivity contribution is 7.99. The van der Waals surface area contributed by atoms with Gasteiger partial charge in [0.2, 0.25) is 5.82 Å². The number of aliphatic hydroxyl groups is 1. The summed E-state index contributed by atoms with van der Waals surface area (Å²) in [6, 6.07) is 3.19. The standard InChI is InChI=1S/C13H12F3N5OS/c1-7(5-22)6-23-11-10-19-20-12(13(14,15)16)21(10)9-8(18-11)3-2-4-17-9/h2-4,7,22H,5-6H2,1H3. The van der Waals surface area contributed by atoms with E-state index in [1.807, 2.05) is 6.92 Å². The number of thioether (sulfide) groups is 1. The number of rotatable bonds is 4. The van der Waals surface area contributed by atoms with Gasteiger partial charge in [-0.2, -0.15) is 13.2 Å². The molecule has 122 valence electrons. The molecule has 0 radical (unpaired) electrons. The molecule has 3 rings (SSSR count). The van der Waals surface area contributed by atoms with E-state index in [2.05, 4.69) is 20.2 Å². The normalized spacial score (nSPS) is 13.8. The molecule has 3 aromatic rings. The molecule has 0 saturated carbocycles. The summed E-state index contributed by atoms with van der Waals surface area (Å²) in [5.41, 5.74) is 0.391. The van der Waals surface area contributed by atoms with Gasteiger partial charge in [0.1, 0.15) is 10.5 Å². The van der Waals surface area contributed by atoms with Gasteiger partial charge in [0.25, 0.3) is 0 Å². The van der Waals surface area contributed by atoms with E-state index < -0.39 is 12.0 Å². The van der Waals surface area contributed by atoms with Crippen LogP contribution in [0.15, 0.2) is 23.4 Å². The first-order chi connectivity index (χ1) is 10.9. The van der Waals surface area contributed by atoms with E-state index in [1.54, 1.807) is 12.1 Å². The minimum absolute atomic E-state index is 0.0127. The molecule has 0 aliphatic carbocycles. The first-order valence-electron chi connectivity index (χ1n) is 6.72. The van der Waals surface area contributed by atoms with Crippen LogP contribution in [0.1, 0.15) is 12.7 Å². The van der Waals surface area contributed by atoms with Crippen molar-refractivity contribution in [3.63, 3.8) is 0 Å². The highest BCUT2D eigenvalue weighted by atomic mass is 32.2. The number of fused-ring (bicyclic) bond motifs is 3. The van der Waals surface area contributed by atoms with Crippen LogP contribution < -0.4 is 0 Å². The van der Waals surface area contributed by atoms with Crippen molar-refractivity contribution in [2.75, 3.05) is 12.4 Å². The lowest BCUT2D eigenvalue weighted by Gasteiger charge is -2.10. The van der Waals surface area contributed by atoms with Crippen molar-refractivity contribution in [3.05, 3.63) is 24.2 Å². The fourth-order valence-electron chi connectivity index (χ4n) is 1.99. The molecule has 1 N–H and O–H groups in total. The molecule has 1 unspecified atom stereocenters. The molecule has 3 aromatic heterocycles. The molecule has 0 spiro atoms. The van der Waals surface area contributed by atoms with E-state index in [9.17, 15) is 13.2 Å². The fraction of sp³-hybridized carbons (Fsp3) is 0.385. The second-order valence-corrected chi connectivity index (χ2v) is 6.05. The molecule has 0 fully saturated rings. The van der Waals surface area contributed by atoms with Crippen LogP contribution in [0.3, 0.4) is 0 Å². The summed E-state index contributed by atoms with van der Waals surface area (Å²) in [4.78, 5) is 8.31. The highest BCUT2D eigenvalue weighted by Gasteiger charge is 2.38. The molecule has 0 aliphatic rings. The first-order valence-corrected chi connectivity index (χ1v) is 7.71. The van der Waals surface area contributed by atoms with Crippen LogP contribution in [0, 0.1) is 5.92 Å². The van der Waals surface area contributed by atoms with Crippen LogP contribution in [-0.4, -0.2) is 42.0 Å². The zero-order chi connectivity index (χ0) is 16.6. The summed E-state index contributed by atoms with van der Waals surface area (Å²) in [6.07, 6.45) is -3.25. The first kappa shape index (κ1) is 15.9. The molecule has 3 heterocycles. The number of alkyl halides is 3. The second kappa shape index (κ2) is 5.93. The zero-order valence-corrected chi connectivity index (χ0v) is 12.8. The molecule has 6 nitrogen and oxygen atoms in total. The van der Waals surface area contributed by atoms with Crippen molar-refractivity contribution in [1.82, 2.24) is 24.6 Å². The Morgan fingerprint density at radius 3 is 2.78 bits per heavy atom. The fourth-order valence-corrected chi connectivity index (χ4v) is 2.96. The Balaban J connectivity index is 2.22. The lowest BCUT2D eigenvalue weighted by atomic mass is 10.2. The average Bonchev–Trinajstić information content (AvgIpc) is 2.97. The summed E-state index contributed by atoms with van der Waals surface area (Å²) in [5, 5.41) is 16.3. The molecule has 10 heteroatoms. The predicted octanol–water partition coefficient (Wildman–Crippen LogP) is 2.41. The van der Waals surface area contributed by atoms with E-state index >= 15 is 0 Å². The van der Waals surface area contributed by atoms with Gasteiger partial charge in [-0.05, 0) is 18.1 Å². The van der Waals surface area contributed by atoms with Gasteiger partial charge in [-0.15, -0.1) is 22.0 Å². The van der Waals surface area contributed by atoms with Crippen molar-refractivity contribution in [1.29, 1.82) is 0 Å².